The average molecular weight is 190 g/mol. The summed E-state index contributed by atoms with van der Waals surface area (Å²) in [6.07, 6.45) is 3.51. The van der Waals surface area contributed by atoms with E-state index in [1.54, 1.807) is 0 Å². The van der Waals surface area contributed by atoms with Crippen LogP contribution < -0.4 is 0 Å². The van der Waals surface area contributed by atoms with E-state index in [1.807, 2.05) is 0 Å². The van der Waals surface area contributed by atoms with Crippen LogP contribution in [0.1, 0.15) is 44.4 Å². The Hall–Kier alpha value is -0.780. The van der Waals surface area contributed by atoms with Crippen molar-refractivity contribution in [2.45, 2.75) is 47.0 Å². The molecule has 0 heteroatoms. The lowest BCUT2D eigenvalue weighted by atomic mass is 9.97. The molecule has 0 spiro atoms. The predicted molar refractivity (Wildman–Crippen MR) is 63.7 cm³/mol. The first-order chi connectivity index (χ1) is 6.65. The fraction of sp³-hybridized carbons (Fsp3) is 0.571. The van der Waals surface area contributed by atoms with E-state index in [0.29, 0.717) is 0 Å². The second-order valence-electron chi connectivity index (χ2n) is 4.46. The van der Waals surface area contributed by atoms with Gasteiger partial charge in [-0.3, -0.25) is 0 Å². The topological polar surface area (TPSA) is 0 Å². The van der Waals surface area contributed by atoms with Gasteiger partial charge in [0.2, 0.25) is 0 Å². The van der Waals surface area contributed by atoms with Crippen LogP contribution in [-0.4, -0.2) is 0 Å². The van der Waals surface area contributed by atoms with Crippen LogP contribution in [0.15, 0.2) is 18.2 Å². The highest BCUT2D eigenvalue weighted by atomic mass is 14.1. The maximum absolute atomic E-state index is 2.36. The zero-order valence-electron chi connectivity index (χ0n) is 9.93. The minimum absolute atomic E-state index is 0.756. The average Bonchev–Trinajstić information content (AvgIpc) is 2.16. The number of aryl methyl sites for hydroxylation is 2. The summed E-state index contributed by atoms with van der Waals surface area (Å²) < 4.78 is 0. The van der Waals surface area contributed by atoms with Crippen LogP contribution in [0.2, 0.25) is 0 Å². The molecule has 0 N–H and O–H groups in total. The maximum Gasteiger partial charge on any atom is -0.0255 e. The Labute approximate surface area is 88.4 Å². The van der Waals surface area contributed by atoms with Crippen LogP contribution in [0.25, 0.3) is 0 Å². The molecule has 0 fully saturated rings. The van der Waals surface area contributed by atoms with Crippen LogP contribution in [0.5, 0.6) is 0 Å². The Bertz CT molecular complexity index is 262. The van der Waals surface area contributed by atoms with Crippen LogP contribution in [0, 0.1) is 5.92 Å². The summed E-state index contributed by atoms with van der Waals surface area (Å²) in [5.74, 6) is 0.756. The molecule has 0 nitrogen and oxygen atoms in total. The van der Waals surface area contributed by atoms with Gasteiger partial charge in [-0.15, -0.1) is 0 Å². The van der Waals surface area contributed by atoms with E-state index in [2.05, 4.69) is 45.9 Å². The summed E-state index contributed by atoms with van der Waals surface area (Å²) in [6, 6.07) is 7.06. The lowest BCUT2D eigenvalue weighted by molar-refractivity contribution is 0.646. The quantitative estimate of drug-likeness (QED) is 0.673. The van der Waals surface area contributed by atoms with E-state index < -0.39 is 0 Å². The monoisotopic (exact) mass is 190 g/mol. The Morgan fingerprint density at radius 2 is 1.29 bits per heavy atom. The lowest BCUT2D eigenvalue weighted by Crippen LogP contribution is -1.97. The second-order valence-corrected chi connectivity index (χ2v) is 4.46. The van der Waals surface area contributed by atoms with Crippen molar-refractivity contribution >= 4 is 0 Å². The molecular weight excluding hydrogens is 168 g/mol. The van der Waals surface area contributed by atoms with Gasteiger partial charge in [-0.25, -0.2) is 0 Å². The third kappa shape index (κ3) is 3.17. The molecule has 0 saturated carbocycles. The molecule has 0 aliphatic rings. The van der Waals surface area contributed by atoms with Gasteiger partial charge in [-0.2, -0.15) is 0 Å². The fourth-order valence-corrected chi connectivity index (χ4v) is 1.84. The van der Waals surface area contributed by atoms with Crippen LogP contribution in [-0.2, 0) is 19.3 Å². The van der Waals surface area contributed by atoms with Crippen molar-refractivity contribution in [3.05, 3.63) is 34.9 Å². The Kier molecular flexibility index (Phi) is 4.19. The summed E-state index contributed by atoms with van der Waals surface area (Å²) in [5.41, 5.74) is 4.48. The number of rotatable bonds is 4. The molecule has 0 radical (unpaired) electrons. The van der Waals surface area contributed by atoms with Crippen LogP contribution in [0.3, 0.4) is 0 Å². The molecule has 0 heterocycles. The molecular formula is C14H22. The first-order valence-electron chi connectivity index (χ1n) is 5.77. The molecule has 14 heavy (non-hydrogen) atoms. The molecule has 1 aromatic rings. The number of benzene rings is 1. The number of hydrogen-bond donors (Lipinski definition) is 0. The van der Waals surface area contributed by atoms with E-state index in [9.17, 15) is 0 Å². The minimum atomic E-state index is 0.756. The smallest absolute Gasteiger partial charge is 0.0255 e. The van der Waals surface area contributed by atoms with Gasteiger partial charge < -0.3 is 0 Å². The highest BCUT2D eigenvalue weighted by molar-refractivity contribution is 5.30. The predicted octanol–water partition coefficient (Wildman–Crippen LogP) is 4.01. The highest BCUT2D eigenvalue weighted by Crippen LogP contribution is 2.15. The summed E-state index contributed by atoms with van der Waals surface area (Å²) in [6.45, 7) is 9.02. The van der Waals surface area contributed by atoms with Gasteiger partial charge in [0, 0.05) is 0 Å². The van der Waals surface area contributed by atoms with Crippen molar-refractivity contribution in [3.8, 4) is 0 Å². The van der Waals surface area contributed by atoms with Crippen LogP contribution >= 0.6 is 0 Å². The van der Waals surface area contributed by atoms with E-state index in [0.717, 1.165) is 18.8 Å². The van der Waals surface area contributed by atoms with Crippen LogP contribution in [0.4, 0.5) is 0 Å². The molecule has 0 aliphatic carbocycles. The SMILES string of the molecule is CCc1cc(CC)cc(CC(C)C)c1. The van der Waals surface area contributed by atoms with Gasteiger partial charge in [-0.1, -0.05) is 45.9 Å². The van der Waals surface area contributed by atoms with Gasteiger partial charge in [0.1, 0.15) is 0 Å². The molecule has 0 aromatic heterocycles. The lowest BCUT2D eigenvalue weighted by Gasteiger charge is -2.09. The Balaban J connectivity index is 2.92. The van der Waals surface area contributed by atoms with Crippen molar-refractivity contribution in [2.24, 2.45) is 5.92 Å². The molecule has 1 rings (SSSR count). The molecule has 0 unspecified atom stereocenters. The third-order valence-corrected chi connectivity index (χ3v) is 2.57. The van der Waals surface area contributed by atoms with E-state index in [4.69, 9.17) is 0 Å². The summed E-state index contributed by atoms with van der Waals surface area (Å²) in [4.78, 5) is 0. The van der Waals surface area contributed by atoms with Crippen molar-refractivity contribution in [2.75, 3.05) is 0 Å². The van der Waals surface area contributed by atoms with Crippen molar-refractivity contribution in [1.82, 2.24) is 0 Å². The van der Waals surface area contributed by atoms with Crippen molar-refractivity contribution in [3.63, 3.8) is 0 Å². The fourth-order valence-electron chi connectivity index (χ4n) is 1.84. The van der Waals surface area contributed by atoms with Crippen molar-refractivity contribution < 1.29 is 0 Å². The zero-order valence-corrected chi connectivity index (χ0v) is 9.93. The Morgan fingerprint density at radius 1 is 0.857 bits per heavy atom. The van der Waals surface area contributed by atoms with E-state index >= 15 is 0 Å². The first kappa shape index (κ1) is 11.3. The summed E-state index contributed by atoms with van der Waals surface area (Å²) in [5, 5.41) is 0. The first-order valence-corrected chi connectivity index (χ1v) is 5.77. The van der Waals surface area contributed by atoms with Crippen molar-refractivity contribution in [1.29, 1.82) is 0 Å². The largest absolute Gasteiger partial charge is 0.0625 e. The van der Waals surface area contributed by atoms with Gasteiger partial charge in [0.15, 0.2) is 0 Å². The van der Waals surface area contributed by atoms with Gasteiger partial charge in [-0.05, 0) is 41.9 Å². The molecule has 0 atom stereocenters. The number of hydrogen-bond acceptors (Lipinski definition) is 0. The summed E-state index contributed by atoms with van der Waals surface area (Å²) >= 11 is 0. The van der Waals surface area contributed by atoms with Gasteiger partial charge >= 0.3 is 0 Å². The van der Waals surface area contributed by atoms with Gasteiger partial charge in [0.25, 0.3) is 0 Å². The third-order valence-electron chi connectivity index (χ3n) is 2.57. The summed E-state index contributed by atoms with van der Waals surface area (Å²) in [7, 11) is 0. The zero-order chi connectivity index (χ0) is 10.6. The molecule has 78 valence electrons. The molecule has 0 aliphatic heterocycles. The molecule has 0 saturated heterocycles. The second kappa shape index (κ2) is 5.19. The molecule has 1 aromatic carbocycles. The van der Waals surface area contributed by atoms with Gasteiger partial charge in [0.05, 0.1) is 0 Å². The molecule has 0 bridgehead atoms. The maximum atomic E-state index is 2.36. The normalized spacial score (nSPS) is 10.9. The minimum Gasteiger partial charge on any atom is -0.0625 e. The standard InChI is InChI=1S/C14H22/c1-5-12-8-13(6-2)10-14(9-12)7-11(3)4/h8-11H,5-7H2,1-4H3. The highest BCUT2D eigenvalue weighted by Gasteiger charge is 2.01. The molecule has 0 amide bonds. The van der Waals surface area contributed by atoms with E-state index in [-0.39, 0.29) is 0 Å². The van der Waals surface area contributed by atoms with E-state index in [1.165, 1.54) is 23.1 Å². The Morgan fingerprint density at radius 3 is 1.64 bits per heavy atom.